The zero-order valence-electron chi connectivity index (χ0n) is 7.63. The number of terminal acetylenes is 1. The molecule has 0 aromatic carbocycles. The molecule has 0 rings (SSSR count). The molecule has 0 fully saturated rings. The van der Waals surface area contributed by atoms with Gasteiger partial charge in [-0.2, -0.15) is 0 Å². The number of hydrogen-bond donors (Lipinski definition) is 0. The Labute approximate surface area is 68.9 Å². The van der Waals surface area contributed by atoms with E-state index >= 15 is 0 Å². The van der Waals surface area contributed by atoms with Crippen molar-refractivity contribution in [1.82, 2.24) is 0 Å². The van der Waals surface area contributed by atoms with Crippen LogP contribution in [0.2, 0.25) is 0 Å². The molecular weight excluding hydrogens is 140 g/mol. The van der Waals surface area contributed by atoms with Crippen LogP contribution in [0, 0.1) is 12.3 Å². The third-order valence-electron chi connectivity index (χ3n) is 0.928. The molecule has 0 saturated heterocycles. The standard InChI is InChI=1S/C9H16O2/c1-6-9(10-7(2)3)11-8(4)5/h1,7-9H,2-5H3. The van der Waals surface area contributed by atoms with Gasteiger partial charge < -0.3 is 9.47 Å². The SMILES string of the molecule is C#CC(OC(C)C)OC(C)C. The molecule has 0 radical (unpaired) electrons. The fourth-order valence-corrected chi connectivity index (χ4v) is 0.605. The van der Waals surface area contributed by atoms with Gasteiger partial charge >= 0.3 is 0 Å². The summed E-state index contributed by atoms with van der Waals surface area (Å²) < 4.78 is 10.5. The van der Waals surface area contributed by atoms with Crippen LogP contribution in [-0.4, -0.2) is 18.5 Å². The van der Waals surface area contributed by atoms with Crippen molar-refractivity contribution >= 4 is 0 Å². The molecule has 2 heteroatoms. The maximum atomic E-state index is 5.25. The number of rotatable bonds is 4. The zero-order chi connectivity index (χ0) is 8.85. The quantitative estimate of drug-likeness (QED) is 0.456. The Kier molecular flexibility index (Phi) is 4.93. The minimum Gasteiger partial charge on any atom is -0.339 e. The summed E-state index contributed by atoms with van der Waals surface area (Å²) in [6.07, 6.45) is 4.88. The largest absolute Gasteiger partial charge is 0.339 e. The van der Waals surface area contributed by atoms with Gasteiger partial charge in [0, 0.05) is 0 Å². The van der Waals surface area contributed by atoms with Gasteiger partial charge in [-0.25, -0.2) is 0 Å². The maximum Gasteiger partial charge on any atom is 0.222 e. The van der Waals surface area contributed by atoms with Gasteiger partial charge in [-0.3, -0.25) is 0 Å². The summed E-state index contributed by atoms with van der Waals surface area (Å²) in [4.78, 5) is 0. The first kappa shape index (κ1) is 10.5. The van der Waals surface area contributed by atoms with Gasteiger partial charge in [0.1, 0.15) is 0 Å². The molecule has 0 saturated carbocycles. The lowest BCUT2D eigenvalue weighted by Gasteiger charge is -2.17. The van der Waals surface area contributed by atoms with Gasteiger partial charge in [-0.15, -0.1) is 6.42 Å². The van der Waals surface area contributed by atoms with E-state index in [0.717, 1.165) is 0 Å². The van der Waals surface area contributed by atoms with E-state index < -0.39 is 6.29 Å². The molecule has 0 heterocycles. The Balaban J connectivity index is 3.70. The molecule has 0 aromatic heterocycles. The van der Waals surface area contributed by atoms with Crippen molar-refractivity contribution in [3.8, 4) is 12.3 Å². The maximum absolute atomic E-state index is 5.25. The molecule has 0 N–H and O–H groups in total. The Morgan fingerprint density at radius 1 is 1.00 bits per heavy atom. The van der Waals surface area contributed by atoms with Gasteiger partial charge in [0.2, 0.25) is 6.29 Å². The zero-order valence-corrected chi connectivity index (χ0v) is 7.63. The number of ether oxygens (including phenoxy) is 2. The van der Waals surface area contributed by atoms with E-state index in [0.29, 0.717) is 0 Å². The predicted molar refractivity (Wildman–Crippen MR) is 45.1 cm³/mol. The molecule has 0 aliphatic carbocycles. The normalized spacial score (nSPS) is 11.1. The Morgan fingerprint density at radius 2 is 1.36 bits per heavy atom. The van der Waals surface area contributed by atoms with Crippen LogP contribution >= 0.6 is 0 Å². The highest BCUT2D eigenvalue weighted by molar-refractivity contribution is 4.89. The van der Waals surface area contributed by atoms with Crippen molar-refractivity contribution in [1.29, 1.82) is 0 Å². The second-order valence-corrected chi connectivity index (χ2v) is 2.87. The summed E-state index contributed by atoms with van der Waals surface area (Å²) in [5.41, 5.74) is 0. The minimum absolute atomic E-state index is 0.106. The third kappa shape index (κ3) is 5.90. The summed E-state index contributed by atoms with van der Waals surface area (Å²) >= 11 is 0. The fourth-order valence-electron chi connectivity index (χ4n) is 0.605. The molecule has 0 aliphatic rings. The van der Waals surface area contributed by atoms with Crippen LogP contribution in [0.3, 0.4) is 0 Å². The summed E-state index contributed by atoms with van der Waals surface area (Å²) in [5, 5.41) is 0. The third-order valence-corrected chi connectivity index (χ3v) is 0.928. The molecular formula is C9H16O2. The average Bonchev–Trinajstić information content (AvgIpc) is 1.84. The first-order chi connectivity index (χ1) is 5.06. The van der Waals surface area contributed by atoms with E-state index in [1.807, 2.05) is 27.7 Å². The Bertz CT molecular complexity index is 123. The molecule has 0 aliphatic heterocycles. The Morgan fingerprint density at radius 3 is 1.55 bits per heavy atom. The average molecular weight is 156 g/mol. The van der Waals surface area contributed by atoms with Crippen LogP contribution in [0.5, 0.6) is 0 Å². The molecule has 2 nitrogen and oxygen atoms in total. The van der Waals surface area contributed by atoms with E-state index in [-0.39, 0.29) is 12.2 Å². The van der Waals surface area contributed by atoms with Gasteiger partial charge in [0.25, 0.3) is 0 Å². The van der Waals surface area contributed by atoms with Crippen LogP contribution in [0.4, 0.5) is 0 Å². The van der Waals surface area contributed by atoms with Gasteiger partial charge in [0.05, 0.1) is 12.2 Å². The van der Waals surface area contributed by atoms with Gasteiger partial charge in [0.15, 0.2) is 0 Å². The van der Waals surface area contributed by atoms with Gasteiger partial charge in [-0.05, 0) is 33.6 Å². The minimum atomic E-state index is -0.505. The van der Waals surface area contributed by atoms with E-state index in [1.54, 1.807) is 0 Å². The monoisotopic (exact) mass is 156 g/mol. The van der Waals surface area contributed by atoms with E-state index in [2.05, 4.69) is 5.92 Å². The van der Waals surface area contributed by atoms with Crippen LogP contribution in [-0.2, 0) is 9.47 Å². The van der Waals surface area contributed by atoms with Crippen LogP contribution in [0.15, 0.2) is 0 Å². The first-order valence-corrected chi connectivity index (χ1v) is 3.83. The van der Waals surface area contributed by atoms with Crippen molar-refractivity contribution in [2.75, 3.05) is 0 Å². The van der Waals surface area contributed by atoms with E-state index in [4.69, 9.17) is 15.9 Å². The predicted octanol–water partition coefficient (Wildman–Crippen LogP) is 1.80. The van der Waals surface area contributed by atoms with Crippen molar-refractivity contribution in [2.45, 2.75) is 46.2 Å². The molecule has 11 heavy (non-hydrogen) atoms. The highest BCUT2D eigenvalue weighted by Crippen LogP contribution is 2.01. The first-order valence-electron chi connectivity index (χ1n) is 3.83. The molecule has 64 valence electrons. The molecule has 0 unspecified atom stereocenters. The van der Waals surface area contributed by atoms with Crippen molar-refractivity contribution < 1.29 is 9.47 Å². The second kappa shape index (κ2) is 5.17. The molecule has 0 atom stereocenters. The molecule has 0 spiro atoms. The summed E-state index contributed by atoms with van der Waals surface area (Å²) in [6.45, 7) is 7.70. The van der Waals surface area contributed by atoms with Crippen molar-refractivity contribution in [3.05, 3.63) is 0 Å². The molecule has 0 amide bonds. The lowest BCUT2D eigenvalue weighted by Crippen LogP contribution is -2.22. The van der Waals surface area contributed by atoms with E-state index in [9.17, 15) is 0 Å². The molecule has 0 aromatic rings. The van der Waals surface area contributed by atoms with Crippen LogP contribution in [0.1, 0.15) is 27.7 Å². The lowest BCUT2D eigenvalue weighted by molar-refractivity contribution is -0.146. The number of hydrogen-bond acceptors (Lipinski definition) is 2. The highest BCUT2D eigenvalue weighted by Gasteiger charge is 2.08. The summed E-state index contributed by atoms with van der Waals surface area (Å²) in [5.74, 6) is 2.42. The Hall–Kier alpha value is -0.520. The van der Waals surface area contributed by atoms with E-state index in [1.165, 1.54) is 0 Å². The van der Waals surface area contributed by atoms with Crippen LogP contribution < -0.4 is 0 Å². The van der Waals surface area contributed by atoms with Crippen molar-refractivity contribution in [2.24, 2.45) is 0 Å². The summed E-state index contributed by atoms with van der Waals surface area (Å²) in [7, 11) is 0. The topological polar surface area (TPSA) is 18.5 Å². The fraction of sp³-hybridized carbons (Fsp3) is 0.778. The molecule has 0 bridgehead atoms. The van der Waals surface area contributed by atoms with Crippen molar-refractivity contribution in [3.63, 3.8) is 0 Å². The van der Waals surface area contributed by atoms with Gasteiger partial charge in [-0.1, -0.05) is 0 Å². The van der Waals surface area contributed by atoms with Crippen LogP contribution in [0.25, 0.3) is 0 Å². The lowest BCUT2D eigenvalue weighted by atomic mass is 10.4. The second-order valence-electron chi connectivity index (χ2n) is 2.87. The highest BCUT2D eigenvalue weighted by atomic mass is 16.7. The summed E-state index contributed by atoms with van der Waals surface area (Å²) in [6, 6.07) is 0. The smallest absolute Gasteiger partial charge is 0.222 e.